The van der Waals surface area contributed by atoms with Crippen molar-refractivity contribution < 1.29 is 44.4 Å². The summed E-state index contributed by atoms with van der Waals surface area (Å²) < 4.78 is 0. The number of phenols is 1. The van der Waals surface area contributed by atoms with E-state index in [0.29, 0.717) is 11.3 Å². The second-order valence-electron chi connectivity index (χ2n) is 12.1. The lowest BCUT2D eigenvalue weighted by Gasteiger charge is -2.50. The minimum atomic E-state index is -2.76. The molecule has 1 aromatic rings. The van der Waals surface area contributed by atoms with Crippen molar-refractivity contribution in [2.75, 3.05) is 45.0 Å². The van der Waals surface area contributed by atoms with Crippen molar-refractivity contribution in [1.29, 1.82) is 0 Å². The van der Waals surface area contributed by atoms with E-state index in [1.165, 1.54) is 19.0 Å². The summed E-state index contributed by atoms with van der Waals surface area (Å²) in [5.74, 6) is -8.36. The normalized spacial score (nSPS) is 26.7. The van der Waals surface area contributed by atoms with Crippen LogP contribution >= 0.6 is 11.6 Å². The molecule has 0 saturated heterocycles. The Morgan fingerprint density at radius 3 is 2.34 bits per heavy atom. The van der Waals surface area contributed by atoms with Crippen LogP contribution in [-0.4, -0.2) is 101 Å². The van der Waals surface area contributed by atoms with Crippen LogP contribution in [0.3, 0.4) is 0 Å². The number of hydrogen-bond acceptors (Lipinski definition) is 12. The summed E-state index contributed by atoms with van der Waals surface area (Å²) in [7, 11) is 6.41. The number of benzene rings is 1. The summed E-state index contributed by atoms with van der Waals surface area (Å²) in [5.41, 5.74) is 4.31. The molecule has 0 aromatic heterocycles. The Labute approximate surface area is 258 Å². The first-order chi connectivity index (χ1) is 20.6. The quantitative estimate of drug-likeness (QED) is 0.120. The van der Waals surface area contributed by atoms with Gasteiger partial charge in [-0.15, -0.1) is 0 Å². The second kappa shape index (κ2) is 11.3. The molecule has 2 fully saturated rings. The molecule has 4 aliphatic rings. The largest absolute Gasteiger partial charge is 0.508 e. The predicted octanol–water partition coefficient (Wildman–Crippen LogP) is 0.696. The Balaban J connectivity index is 1.62. The summed E-state index contributed by atoms with van der Waals surface area (Å²) in [4.78, 5) is 60.8. The first kappa shape index (κ1) is 31.7. The third kappa shape index (κ3) is 4.72. The Bertz CT molecular complexity index is 1530. The molecule has 2 saturated carbocycles. The van der Waals surface area contributed by atoms with E-state index in [0.717, 1.165) is 19.3 Å². The third-order valence-electron chi connectivity index (χ3n) is 9.05. The molecule has 0 bridgehead atoms. The summed E-state index contributed by atoms with van der Waals surface area (Å²) in [6, 6.07) is -1.20. The number of ketones is 2. The molecule has 0 radical (unpaired) electrons. The van der Waals surface area contributed by atoms with Gasteiger partial charge in [0.15, 0.2) is 17.1 Å². The number of nitrogens with two attached hydrogens (primary N) is 1. The number of anilines is 2. The van der Waals surface area contributed by atoms with Crippen LogP contribution in [0.5, 0.6) is 5.75 Å². The van der Waals surface area contributed by atoms with Gasteiger partial charge in [-0.05, 0) is 57.7 Å². The first-order valence-electron chi connectivity index (χ1n) is 14.2. The molecule has 15 heteroatoms. The van der Waals surface area contributed by atoms with Crippen LogP contribution in [0.25, 0.3) is 5.76 Å². The van der Waals surface area contributed by atoms with Gasteiger partial charge in [-0.25, -0.2) is 0 Å². The summed E-state index contributed by atoms with van der Waals surface area (Å²) in [6.07, 6.45) is 2.80. The van der Waals surface area contributed by atoms with E-state index in [-0.39, 0.29) is 47.3 Å². The molecule has 0 spiro atoms. The lowest BCUT2D eigenvalue weighted by Crippen LogP contribution is -2.65. The summed E-state index contributed by atoms with van der Waals surface area (Å²) in [5, 5.41) is 48.3. The number of carbonyl (C=O) groups excluding carboxylic acids is 4. The van der Waals surface area contributed by atoms with Crippen molar-refractivity contribution >= 4 is 52.1 Å². The van der Waals surface area contributed by atoms with E-state index in [4.69, 9.17) is 22.2 Å². The number of aliphatic hydroxyl groups excluding tert-OH is 2. The Hall–Kier alpha value is -3.69. The number of likely N-dealkylation sites (N-methyl/N-ethyl adjacent to an activating group) is 1. The Kier molecular flexibility index (Phi) is 8.18. The number of nitrogens with one attached hydrogen (secondary N) is 2. The maximum absolute atomic E-state index is 14.1. The molecular weight excluding hydrogens is 598 g/mol. The van der Waals surface area contributed by atoms with Gasteiger partial charge in [0.25, 0.3) is 5.91 Å². The smallest absolute Gasteiger partial charge is 0.255 e. The highest BCUT2D eigenvalue weighted by molar-refractivity contribution is 6.37. The molecule has 14 nitrogen and oxygen atoms in total. The van der Waals surface area contributed by atoms with Gasteiger partial charge in [-0.2, -0.15) is 5.48 Å². The minimum absolute atomic E-state index is 0.0138. The number of Topliss-reactive ketones (excluding diaryl/α,β-unsaturated/α-hetero) is 2. The van der Waals surface area contributed by atoms with Crippen LogP contribution in [-0.2, 0) is 30.4 Å². The predicted molar refractivity (Wildman–Crippen MR) is 159 cm³/mol. The number of hydrogen-bond donors (Lipinski definition) is 7. The summed E-state index contributed by atoms with van der Waals surface area (Å²) >= 11 is 6.73. The van der Waals surface area contributed by atoms with Gasteiger partial charge in [-0.3, -0.25) is 28.9 Å². The average Bonchev–Trinajstić information content (AvgIpc) is 2.89. The fourth-order valence-electron chi connectivity index (χ4n) is 6.80. The zero-order chi connectivity index (χ0) is 32.4. The number of aromatic hydroxyl groups is 1. The van der Waals surface area contributed by atoms with E-state index in [1.54, 1.807) is 19.0 Å². The lowest BCUT2D eigenvalue weighted by atomic mass is 9.57. The van der Waals surface area contributed by atoms with Gasteiger partial charge in [0.1, 0.15) is 29.3 Å². The van der Waals surface area contributed by atoms with Gasteiger partial charge in [-0.1, -0.05) is 11.6 Å². The van der Waals surface area contributed by atoms with Gasteiger partial charge < -0.3 is 36.4 Å². The molecule has 238 valence electrons. The third-order valence-corrected chi connectivity index (χ3v) is 9.42. The molecule has 4 aliphatic carbocycles. The summed E-state index contributed by atoms with van der Waals surface area (Å²) in [6.45, 7) is -0.262. The number of fused-ring (bicyclic) bond motifs is 3. The topological polar surface area (TPSA) is 215 Å². The number of halogens is 1. The van der Waals surface area contributed by atoms with Crippen LogP contribution in [0.1, 0.15) is 36.8 Å². The van der Waals surface area contributed by atoms with Crippen LogP contribution < -0.4 is 21.4 Å². The molecule has 0 aliphatic heterocycles. The Morgan fingerprint density at radius 1 is 1.14 bits per heavy atom. The number of amides is 2. The molecule has 4 atom stereocenters. The number of rotatable bonds is 8. The van der Waals surface area contributed by atoms with E-state index in [1.807, 2.05) is 0 Å². The minimum Gasteiger partial charge on any atom is -0.508 e. The van der Waals surface area contributed by atoms with Gasteiger partial charge in [0, 0.05) is 25.6 Å². The van der Waals surface area contributed by atoms with Crippen LogP contribution in [0, 0.1) is 11.8 Å². The van der Waals surface area contributed by atoms with Crippen molar-refractivity contribution in [3.05, 3.63) is 33.1 Å². The molecule has 5 rings (SSSR count). The second-order valence-corrected chi connectivity index (χ2v) is 12.5. The molecule has 3 unspecified atom stereocenters. The number of carbonyl (C=O) groups is 4. The SMILES string of the molecule is CN(C)c1c(Cl)c(NC(=O)CNOC2CCC2)c(O)c2c1CC1CC3[C@H](N(C)C)C(=O)C(C(N)=O)=C(O)C3(O)C(=O)C1=C2O. The van der Waals surface area contributed by atoms with Crippen LogP contribution in [0.15, 0.2) is 16.9 Å². The maximum Gasteiger partial charge on any atom is 0.255 e. The molecule has 0 heterocycles. The monoisotopic (exact) mass is 633 g/mol. The number of hydroxylamine groups is 1. The standard InChI is InChI=1S/C29H36ClN5O9/c1-34(2)21-13-8-11-9-14-22(35(3)4)25(39)18(28(31)42)27(41)29(14,43)26(40)16(11)23(37)17(13)24(38)20(19(21)30)33-15(36)10-32-44-12-6-5-7-12/h11-12,14,22,32,37-38,41,43H,5-10H2,1-4H3,(H2,31,42)(H,33,36)/t11?,14?,22-,29?/m0/s1. The number of phenolic OH excluding ortho intramolecular Hbond substituents is 1. The number of primary amides is 1. The highest BCUT2D eigenvalue weighted by atomic mass is 35.5. The zero-order valence-electron chi connectivity index (χ0n) is 24.7. The zero-order valence-corrected chi connectivity index (χ0v) is 25.5. The fraction of sp³-hybridized carbons (Fsp3) is 0.517. The molecule has 44 heavy (non-hydrogen) atoms. The highest BCUT2D eigenvalue weighted by Gasteiger charge is 2.64. The van der Waals surface area contributed by atoms with Crippen molar-refractivity contribution in [2.24, 2.45) is 17.6 Å². The van der Waals surface area contributed by atoms with Crippen molar-refractivity contribution in [2.45, 2.75) is 49.9 Å². The van der Waals surface area contributed by atoms with E-state index in [9.17, 15) is 39.6 Å². The van der Waals surface area contributed by atoms with Crippen molar-refractivity contribution in [3.63, 3.8) is 0 Å². The highest BCUT2D eigenvalue weighted by Crippen LogP contribution is 2.56. The van der Waals surface area contributed by atoms with Crippen LogP contribution in [0.2, 0.25) is 5.02 Å². The van der Waals surface area contributed by atoms with E-state index in [2.05, 4.69) is 10.8 Å². The molecule has 1 aromatic carbocycles. The van der Waals surface area contributed by atoms with Crippen LogP contribution in [0.4, 0.5) is 11.4 Å². The number of aliphatic hydroxyl groups is 3. The van der Waals surface area contributed by atoms with Gasteiger partial charge >= 0.3 is 0 Å². The van der Waals surface area contributed by atoms with E-state index >= 15 is 0 Å². The van der Waals surface area contributed by atoms with Gasteiger partial charge in [0.2, 0.25) is 11.7 Å². The van der Waals surface area contributed by atoms with Crippen molar-refractivity contribution in [1.82, 2.24) is 10.4 Å². The first-order valence-corrected chi connectivity index (χ1v) is 14.6. The Morgan fingerprint density at radius 2 is 1.80 bits per heavy atom. The average molecular weight is 634 g/mol. The van der Waals surface area contributed by atoms with E-state index < -0.39 is 69.7 Å². The van der Waals surface area contributed by atoms with Gasteiger partial charge in [0.05, 0.1) is 28.4 Å². The molecule has 8 N–H and O–H groups in total. The maximum atomic E-state index is 14.1. The van der Waals surface area contributed by atoms with Crippen molar-refractivity contribution in [3.8, 4) is 5.75 Å². The molecule has 2 amide bonds. The fourth-order valence-corrected chi connectivity index (χ4v) is 7.22. The number of nitrogens with zero attached hydrogens (tertiary/aromatic N) is 2. The molecular formula is C29H36ClN5O9. The lowest BCUT2D eigenvalue weighted by molar-refractivity contribution is -0.153.